The molecule has 0 heterocycles. The molecule has 1 aromatic rings. The molecule has 0 bridgehead atoms. The minimum absolute atomic E-state index is 0.174. The Balaban J connectivity index is 1.89. The van der Waals surface area contributed by atoms with Gasteiger partial charge < -0.3 is 10.1 Å². The maximum Gasteiger partial charge on any atom is 0.123 e. The monoisotopic (exact) mass is 277 g/mol. The number of hydrogen-bond acceptors (Lipinski definition) is 2. The zero-order valence-electron chi connectivity index (χ0n) is 12.4. The molecule has 20 heavy (non-hydrogen) atoms. The van der Waals surface area contributed by atoms with E-state index < -0.39 is 0 Å². The van der Waals surface area contributed by atoms with Gasteiger partial charge >= 0.3 is 0 Å². The Morgan fingerprint density at radius 3 is 2.60 bits per heavy atom. The molecule has 3 rings (SSSR count). The summed E-state index contributed by atoms with van der Waals surface area (Å²) in [6, 6.07) is 5.11. The van der Waals surface area contributed by atoms with E-state index in [1.165, 1.54) is 31.7 Å². The van der Waals surface area contributed by atoms with E-state index in [1.54, 1.807) is 19.2 Å². The average molecular weight is 277 g/mol. The highest BCUT2D eigenvalue weighted by atomic mass is 19.1. The number of hydrogen-bond donors (Lipinski definition) is 1. The van der Waals surface area contributed by atoms with Gasteiger partial charge in [-0.05, 0) is 55.3 Å². The quantitative estimate of drug-likeness (QED) is 0.880. The zero-order valence-corrected chi connectivity index (χ0v) is 12.4. The topological polar surface area (TPSA) is 21.3 Å². The van der Waals surface area contributed by atoms with Gasteiger partial charge in [-0.25, -0.2) is 4.39 Å². The summed E-state index contributed by atoms with van der Waals surface area (Å²) in [4.78, 5) is 0. The van der Waals surface area contributed by atoms with E-state index >= 15 is 0 Å². The Hall–Kier alpha value is -1.09. The van der Waals surface area contributed by atoms with Crippen LogP contribution in [-0.4, -0.2) is 13.7 Å². The molecular formula is C17H24FNO. The lowest BCUT2D eigenvalue weighted by molar-refractivity contribution is 0.383. The van der Waals surface area contributed by atoms with Crippen molar-refractivity contribution in [3.63, 3.8) is 0 Å². The molecule has 1 N–H and O–H groups in total. The standard InChI is InChI=1S/C17H24FNO/c1-3-19-17(16-12-6-4-5-7-13(12)16)14-10-11(18)8-9-15(14)20-2/h8-10,12-13,16-17,19H,3-7H2,1-2H3. The van der Waals surface area contributed by atoms with Gasteiger partial charge in [-0.15, -0.1) is 0 Å². The van der Waals surface area contributed by atoms with Crippen LogP contribution in [0.1, 0.15) is 44.2 Å². The van der Waals surface area contributed by atoms with Gasteiger partial charge in [0.1, 0.15) is 11.6 Å². The minimum Gasteiger partial charge on any atom is -0.496 e. The lowest BCUT2D eigenvalue weighted by atomic mass is 9.98. The van der Waals surface area contributed by atoms with E-state index in [-0.39, 0.29) is 11.9 Å². The van der Waals surface area contributed by atoms with Crippen LogP contribution in [0.25, 0.3) is 0 Å². The third kappa shape index (κ3) is 2.44. The molecular weight excluding hydrogens is 253 g/mol. The molecule has 0 aliphatic heterocycles. The maximum absolute atomic E-state index is 13.7. The van der Waals surface area contributed by atoms with Crippen LogP contribution in [0.2, 0.25) is 0 Å². The van der Waals surface area contributed by atoms with Gasteiger partial charge in [0.05, 0.1) is 7.11 Å². The summed E-state index contributed by atoms with van der Waals surface area (Å²) in [5.41, 5.74) is 0.994. The molecule has 2 aliphatic rings. The van der Waals surface area contributed by atoms with Gasteiger partial charge in [-0.2, -0.15) is 0 Å². The fraction of sp³-hybridized carbons (Fsp3) is 0.647. The van der Waals surface area contributed by atoms with Gasteiger partial charge in [0, 0.05) is 11.6 Å². The van der Waals surface area contributed by atoms with Crippen molar-refractivity contribution < 1.29 is 9.13 Å². The van der Waals surface area contributed by atoms with E-state index in [0.29, 0.717) is 5.92 Å². The molecule has 0 spiro atoms. The summed E-state index contributed by atoms with van der Waals surface area (Å²) in [5.74, 6) is 2.96. The SMILES string of the molecule is CCNC(c1cc(F)ccc1OC)C1C2CCCCC21. The van der Waals surface area contributed by atoms with Crippen molar-refractivity contribution in [2.45, 2.75) is 38.6 Å². The van der Waals surface area contributed by atoms with Crippen LogP contribution in [0.5, 0.6) is 5.75 Å². The van der Waals surface area contributed by atoms with Crippen molar-refractivity contribution in [2.75, 3.05) is 13.7 Å². The predicted molar refractivity (Wildman–Crippen MR) is 78.3 cm³/mol. The summed E-state index contributed by atoms with van der Waals surface area (Å²) < 4.78 is 19.1. The van der Waals surface area contributed by atoms with E-state index in [0.717, 1.165) is 29.7 Å². The van der Waals surface area contributed by atoms with Gasteiger partial charge in [-0.3, -0.25) is 0 Å². The molecule has 2 fully saturated rings. The molecule has 1 aromatic carbocycles. The van der Waals surface area contributed by atoms with E-state index in [1.807, 2.05) is 0 Å². The first-order valence-electron chi connectivity index (χ1n) is 7.83. The number of rotatable bonds is 5. The summed E-state index contributed by atoms with van der Waals surface area (Å²) >= 11 is 0. The third-order valence-electron chi connectivity index (χ3n) is 5.06. The molecule has 3 unspecified atom stereocenters. The largest absolute Gasteiger partial charge is 0.496 e. The first kappa shape index (κ1) is 13.9. The molecule has 0 radical (unpaired) electrons. The van der Waals surface area contributed by atoms with Gasteiger partial charge in [-0.1, -0.05) is 19.8 Å². The number of ether oxygens (including phenoxy) is 1. The van der Waals surface area contributed by atoms with Crippen LogP contribution >= 0.6 is 0 Å². The summed E-state index contributed by atoms with van der Waals surface area (Å²) in [5, 5.41) is 3.57. The van der Waals surface area contributed by atoms with Gasteiger partial charge in [0.25, 0.3) is 0 Å². The van der Waals surface area contributed by atoms with Crippen LogP contribution in [0.4, 0.5) is 4.39 Å². The van der Waals surface area contributed by atoms with Crippen molar-refractivity contribution in [1.82, 2.24) is 5.32 Å². The lowest BCUT2D eigenvalue weighted by Crippen LogP contribution is -2.24. The average Bonchev–Trinajstić information content (AvgIpc) is 3.19. The Labute approximate surface area is 120 Å². The molecule has 3 atom stereocenters. The van der Waals surface area contributed by atoms with E-state index in [4.69, 9.17) is 4.74 Å². The van der Waals surface area contributed by atoms with Gasteiger partial charge in [0.15, 0.2) is 0 Å². The summed E-state index contributed by atoms with van der Waals surface area (Å²) in [7, 11) is 1.67. The van der Waals surface area contributed by atoms with Crippen molar-refractivity contribution in [1.29, 1.82) is 0 Å². The molecule has 2 saturated carbocycles. The van der Waals surface area contributed by atoms with Gasteiger partial charge in [0.2, 0.25) is 0 Å². The van der Waals surface area contributed by atoms with Crippen LogP contribution in [0, 0.1) is 23.6 Å². The maximum atomic E-state index is 13.7. The second-order valence-corrected chi connectivity index (χ2v) is 6.11. The van der Waals surface area contributed by atoms with Crippen LogP contribution in [0.15, 0.2) is 18.2 Å². The highest BCUT2D eigenvalue weighted by Crippen LogP contribution is 2.61. The van der Waals surface area contributed by atoms with Crippen molar-refractivity contribution in [3.8, 4) is 5.75 Å². The smallest absolute Gasteiger partial charge is 0.123 e. The number of benzene rings is 1. The van der Waals surface area contributed by atoms with Crippen molar-refractivity contribution >= 4 is 0 Å². The molecule has 0 amide bonds. The lowest BCUT2D eigenvalue weighted by Gasteiger charge is -2.21. The zero-order chi connectivity index (χ0) is 14.1. The third-order valence-corrected chi connectivity index (χ3v) is 5.06. The summed E-state index contributed by atoms with van der Waals surface area (Å²) in [6.45, 7) is 3.02. The fourth-order valence-corrected chi connectivity index (χ4v) is 4.16. The number of methoxy groups -OCH3 is 1. The van der Waals surface area contributed by atoms with Crippen molar-refractivity contribution in [3.05, 3.63) is 29.6 Å². The molecule has 110 valence electrons. The fourth-order valence-electron chi connectivity index (χ4n) is 4.16. The molecule has 2 aliphatic carbocycles. The van der Waals surface area contributed by atoms with Crippen LogP contribution < -0.4 is 10.1 Å². The normalized spacial score (nSPS) is 29.6. The Bertz CT molecular complexity index is 464. The second kappa shape index (κ2) is 5.72. The van der Waals surface area contributed by atoms with E-state index in [9.17, 15) is 4.39 Å². The van der Waals surface area contributed by atoms with Crippen LogP contribution in [-0.2, 0) is 0 Å². The number of halogens is 1. The first-order chi connectivity index (χ1) is 9.76. The minimum atomic E-state index is -0.174. The Morgan fingerprint density at radius 1 is 1.30 bits per heavy atom. The number of fused-ring (bicyclic) bond motifs is 1. The molecule has 0 aromatic heterocycles. The van der Waals surface area contributed by atoms with E-state index in [2.05, 4.69) is 12.2 Å². The highest BCUT2D eigenvalue weighted by Gasteiger charge is 2.54. The molecule has 2 nitrogen and oxygen atoms in total. The Kier molecular flexibility index (Phi) is 3.97. The summed E-state index contributed by atoms with van der Waals surface area (Å²) in [6.07, 6.45) is 5.40. The molecule has 3 heteroatoms. The molecule has 0 saturated heterocycles. The van der Waals surface area contributed by atoms with Crippen LogP contribution in [0.3, 0.4) is 0 Å². The highest BCUT2D eigenvalue weighted by molar-refractivity contribution is 5.38. The van der Waals surface area contributed by atoms with Crippen molar-refractivity contribution in [2.24, 2.45) is 17.8 Å². The first-order valence-corrected chi connectivity index (χ1v) is 7.83. The second-order valence-electron chi connectivity index (χ2n) is 6.11. The predicted octanol–water partition coefficient (Wildman–Crippen LogP) is 3.92. The number of nitrogens with one attached hydrogen (secondary N) is 1. The Morgan fingerprint density at radius 2 is 2.00 bits per heavy atom.